The van der Waals surface area contributed by atoms with Crippen molar-refractivity contribution in [3.05, 3.63) is 24.3 Å². The van der Waals surface area contributed by atoms with E-state index < -0.39 is 12.6 Å². The van der Waals surface area contributed by atoms with Gasteiger partial charge in [0.05, 0.1) is 6.10 Å². The fraction of sp³-hybridized carbons (Fsp3) is 0.429. The number of aliphatic carboxylic acids is 1. The monoisotopic (exact) mass is 294 g/mol. The number of hydrogen-bond acceptors (Lipinski definition) is 4. The molecular weight excluding hydrogens is 276 g/mol. The Hall–Kier alpha value is -2.28. The van der Waals surface area contributed by atoms with Gasteiger partial charge >= 0.3 is 12.0 Å². The second kappa shape index (κ2) is 7.49. The Morgan fingerprint density at radius 3 is 2.71 bits per heavy atom. The number of ether oxygens (including phenoxy) is 2. The van der Waals surface area contributed by atoms with Gasteiger partial charge in [0.25, 0.3) is 0 Å². The SMILES string of the molecule is O=C(O)COc1ccc(NC(=O)NCC2CCCO2)cc1. The lowest BCUT2D eigenvalue weighted by Gasteiger charge is -2.12. The zero-order valence-electron chi connectivity index (χ0n) is 11.5. The number of carboxylic acid groups (broad SMARTS) is 1. The Balaban J connectivity index is 1.73. The van der Waals surface area contributed by atoms with Crippen LogP contribution in [0, 0.1) is 0 Å². The highest BCUT2D eigenvalue weighted by Gasteiger charge is 2.16. The molecule has 2 amide bonds. The molecule has 0 aliphatic carbocycles. The molecule has 1 aliphatic heterocycles. The van der Waals surface area contributed by atoms with Crippen LogP contribution in [0.15, 0.2) is 24.3 Å². The molecule has 1 aromatic rings. The summed E-state index contributed by atoms with van der Waals surface area (Å²) >= 11 is 0. The van der Waals surface area contributed by atoms with Gasteiger partial charge in [0, 0.05) is 18.8 Å². The summed E-state index contributed by atoms with van der Waals surface area (Å²) in [4.78, 5) is 22.0. The molecule has 3 N–H and O–H groups in total. The van der Waals surface area contributed by atoms with Gasteiger partial charge in [-0.3, -0.25) is 0 Å². The summed E-state index contributed by atoms with van der Waals surface area (Å²) in [6.07, 6.45) is 2.10. The summed E-state index contributed by atoms with van der Waals surface area (Å²) in [7, 11) is 0. The van der Waals surface area contributed by atoms with E-state index in [1.807, 2.05) is 0 Å². The number of nitrogens with one attached hydrogen (secondary N) is 2. The quantitative estimate of drug-likeness (QED) is 0.738. The predicted molar refractivity (Wildman–Crippen MR) is 75.6 cm³/mol. The minimum atomic E-state index is -1.04. The van der Waals surface area contributed by atoms with Crippen molar-refractivity contribution in [1.29, 1.82) is 0 Å². The number of carbonyl (C=O) groups excluding carboxylic acids is 1. The van der Waals surface area contributed by atoms with Crippen molar-refractivity contribution >= 4 is 17.7 Å². The molecule has 1 saturated heterocycles. The average Bonchev–Trinajstić information content (AvgIpc) is 2.98. The summed E-state index contributed by atoms with van der Waals surface area (Å²) in [6.45, 7) is 0.853. The van der Waals surface area contributed by atoms with Gasteiger partial charge < -0.3 is 25.2 Å². The van der Waals surface area contributed by atoms with Gasteiger partial charge in [-0.15, -0.1) is 0 Å². The van der Waals surface area contributed by atoms with Crippen LogP contribution in [0.2, 0.25) is 0 Å². The summed E-state index contributed by atoms with van der Waals surface area (Å²) in [5, 5.41) is 13.9. The van der Waals surface area contributed by atoms with Gasteiger partial charge in [-0.2, -0.15) is 0 Å². The molecule has 0 radical (unpaired) electrons. The first kappa shape index (κ1) is 15.1. The smallest absolute Gasteiger partial charge is 0.341 e. The number of anilines is 1. The Kier molecular flexibility index (Phi) is 5.39. The van der Waals surface area contributed by atoms with E-state index in [9.17, 15) is 9.59 Å². The second-order valence-electron chi connectivity index (χ2n) is 4.68. The molecule has 1 atom stereocenters. The normalized spacial score (nSPS) is 17.2. The Bertz CT molecular complexity index is 483. The van der Waals surface area contributed by atoms with Gasteiger partial charge in [0.15, 0.2) is 6.61 Å². The van der Waals surface area contributed by atoms with Crippen LogP contribution in [0.5, 0.6) is 5.75 Å². The second-order valence-corrected chi connectivity index (χ2v) is 4.68. The van der Waals surface area contributed by atoms with Crippen LogP contribution in [0.25, 0.3) is 0 Å². The van der Waals surface area contributed by atoms with Crippen molar-refractivity contribution < 1.29 is 24.2 Å². The molecule has 0 saturated carbocycles. The van der Waals surface area contributed by atoms with Crippen LogP contribution >= 0.6 is 0 Å². The van der Waals surface area contributed by atoms with Gasteiger partial charge in [0.2, 0.25) is 0 Å². The summed E-state index contributed by atoms with van der Waals surface area (Å²) in [5.41, 5.74) is 0.600. The van der Waals surface area contributed by atoms with Crippen LogP contribution in [0.3, 0.4) is 0 Å². The highest BCUT2D eigenvalue weighted by Crippen LogP contribution is 2.15. The minimum absolute atomic E-state index is 0.0996. The lowest BCUT2D eigenvalue weighted by molar-refractivity contribution is -0.139. The van der Waals surface area contributed by atoms with Crippen molar-refractivity contribution in [3.8, 4) is 5.75 Å². The third kappa shape index (κ3) is 5.31. The number of carboxylic acids is 1. The number of amides is 2. The summed E-state index contributed by atoms with van der Waals surface area (Å²) in [6, 6.07) is 6.17. The minimum Gasteiger partial charge on any atom is -0.482 e. The van der Waals surface area contributed by atoms with Gasteiger partial charge in [0.1, 0.15) is 5.75 Å². The van der Waals surface area contributed by atoms with Crippen LogP contribution in [-0.2, 0) is 9.53 Å². The zero-order valence-corrected chi connectivity index (χ0v) is 11.5. The maximum atomic E-state index is 11.7. The van der Waals surface area contributed by atoms with Crippen LogP contribution in [-0.4, -0.2) is 43.0 Å². The van der Waals surface area contributed by atoms with Crippen LogP contribution in [0.1, 0.15) is 12.8 Å². The molecule has 21 heavy (non-hydrogen) atoms. The maximum absolute atomic E-state index is 11.7. The third-order valence-electron chi connectivity index (χ3n) is 2.99. The first-order valence-corrected chi connectivity index (χ1v) is 6.74. The molecule has 1 aliphatic rings. The molecule has 7 heteroatoms. The van der Waals surface area contributed by atoms with Crippen molar-refractivity contribution in [2.75, 3.05) is 25.1 Å². The highest BCUT2D eigenvalue weighted by molar-refractivity contribution is 5.89. The number of carbonyl (C=O) groups is 2. The standard InChI is InChI=1S/C14H18N2O5/c17-13(18)9-21-11-5-3-10(4-6-11)16-14(19)15-8-12-2-1-7-20-12/h3-6,12H,1-2,7-9H2,(H,17,18)(H2,15,16,19). The average molecular weight is 294 g/mol. The Morgan fingerprint density at radius 1 is 1.33 bits per heavy atom. The molecule has 0 aromatic heterocycles. The first-order valence-electron chi connectivity index (χ1n) is 6.74. The third-order valence-corrected chi connectivity index (χ3v) is 2.99. The van der Waals surface area contributed by atoms with Crippen LogP contribution in [0.4, 0.5) is 10.5 Å². The molecule has 0 spiro atoms. The molecule has 114 valence electrons. The number of hydrogen-bond donors (Lipinski definition) is 3. The van der Waals surface area contributed by atoms with E-state index in [0.717, 1.165) is 19.4 Å². The van der Waals surface area contributed by atoms with Crippen LogP contribution < -0.4 is 15.4 Å². The molecular formula is C14H18N2O5. The topological polar surface area (TPSA) is 96.9 Å². The van der Waals surface area contributed by atoms with Gasteiger partial charge in [-0.1, -0.05) is 0 Å². The highest BCUT2D eigenvalue weighted by atomic mass is 16.5. The molecule has 1 aromatic carbocycles. The van der Waals surface area contributed by atoms with E-state index in [1.165, 1.54) is 0 Å². The maximum Gasteiger partial charge on any atom is 0.341 e. The number of benzene rings is 1. The van der Waals surface area contributed by atoms with Crippen molar-refractivity contribution in [2.45, 2.75) is 18.9 Å². The molecule has 1 fully saturated rings. The largest absolute Gasteiger partial charge is 0.482 e. The predicted octanol–water partition coefficient (Wildman–Crippen LogP) is 1.45. The van der Waals surface area contributed by atoms with E-state index in [1.54, 1.807) is 24.3 Å². The Labute approximate surface area is 122 Å². The lowest BCUT2D eigenvalue weighted by Crippen LogP contribution is -2.34. The van der Waals surface area contributed by atoms with E-state index in [-0.39, 0.29) is 12.1 Å². The van der Waals surface area contributed by atoms with E-state index in [2.05, 4.69) is 10.6 Å². The van der Waals surface area contributed by atoms with Crippen molar-refractivity contribution in [2.24, 2.45) is 0 Å². The molecule has 1 unspecified atom stereocenters. The first-order chi connectivity index (χ1) is 10.1. The van der Waals surface area contributed by atoms with Crippen molar-refractivity contribution in [1.82, 2.24) is 5.32 Å². The van der Waals surface area contributed by atoms with E-state index in [4.69, 9.17) is 14.6 Å². The van der Waals surface area contributed by atoms with Gasteiger partial charge in [-0.25, -0.2) is 9.59 Å². The molecule has 7 nitrogen and oxygen atoms in total. The fourth-order valence-electron chi connectivity index (χ4n) is 1.97. The van der Waals surface area contributed by atoms with Gasteiger partial charge in [-0.05, 0) is 37.1 Å². The summed E-state index contributed by atoms with van der Waals surface area (Å²) < 4.78 is 10.4. The molecule has 2 rings (SSSR count). The van der Waals surface area contributed by atoms with Crippen molar-refractivity contribution in [3.63, 3.8) is 0 Å². The fourth-order valence-corrected chi connectivity index (χ4v) is 1.97. The number of urea groups is 1. The molecule has 1 heterocycles. The van der Waals surface area contributed by atoms with E-state index in [0.29, 0.717) is 18.0 Å². The van der Waals surface area contributed by atoms with E-state index >= 15 is 0 Å². The summed E-state index contributed by atoms with van der Waals surface area (Å²) in [5.74, 6) is -0.603. The Morgan fingerprint density at radius 2 is 2.10 bits per heavy atom. The molecule has 0 bridgehead atoms. The zero-order chi connectivity index (χ0) is 15.1. The number of rotatable bonds is 6. The lowest BCUT2D eigenvalue weighted by atomic mass is 10.2.